The molecule has 0 amide bonds. The Kier molecular flexibility index (Phi) is 5.59. The second kappa shape index (κ2) is 6.72. The second-order valence-corrected chi connectivity index (χ2v) is 4.94. The Hall–Kier alpha value is -0.930. The number of hydrogen-bond acceptors (Lipinski definition) is 3. The summed E-state index contributed by atoms with van der Waals surface area (Å²) in [5.74, 6) is 0.700. The lowest BCUT2D eigenvalue weighted by atomic mass is 10.0. The molecular weight excluding hydrogens is 210 g/mol. The van der Waals surface area contributed by atoms with E-state index in [0.717, 1.165) is 6.54 Å². The van der Waals surface area contributed by atoms with E-state index in [9.17, 15) is 0 Å². The first-order valence-electron chi connectivity index (χ1n) is 6.40. The molecule has 1 heterocycles. The van der Waals surface area contributed by atoms with Gasteiger partial charge in [0.2, 0.25) is 0 Å². The molecule has 0 aromatic carbocycles. The lowest BCUT2D eigenvalue weighted by Gasteiger charge is -2.30. The third kappa shape index (κ3) is 3.79. The largest absolute Gasteiger partial charge is 0.329 e. The first kappa shape index (κ1) is 14.1. The molecule has 1 aromatic rings. The lowest BCUT2D eigenvalue weighted by Crippen LogP contribution is -2.34. The van der Waals surface area contributed by atoms with Gasteiger partial charge >= 0.3 is 0 Å². The van der Waals surface area contributed by atoms with Gasteiger partial charge in [-0.25, -0.2) is 0 Å². The molecule has 0 aliphatic heterocycles. The highest BCUT2D eigenvalue weighted by molar-refractivity contribution is 5.25. The molecule has 3 heteroatoms. The van der Waals surface area contributed by atoms with Gasteiger partial charge in [-0.3, -0.25) is 9.88 Å². The molecule has 0 fully saturated rings. The number of pyridine rings is 1. The number of nitrogens with two attached hydrogens (primary N) is 1. The van der Waals surface area contributed by atoms with Crippen LogP contribution in [0, 0.1) is 12.8 Å². The van der Waals surface area contributed by atoms with E-state index in [1.807, 2.05) is 12.4 Å². The van der Waals surface area contributed by atoms with E-state index in [0.29, 0.717) is 12.5 Å². The first-order valence-corrected chi connectivity index (χ1v) is 6.40. The van der Waals surface area contributed by atoms with Gasteiger partial charge in [0.15, 0.2) is 0 Å². The normalized spacial score (nSPS) is 14.9. The molecule has 0 aliphatic rings. The molecule has 0 saturated carbocycles. The fourth-order valence-corrected chi connectivity index (χ4v) is 2.12. The number of nitrogens with zero attached hydrogens (tertiary/aromatic N) is 2. The predicted molar refractivity (Wildman–Crippen MR) is 72.9 cm³/mol. The van der Waals surface area contributed by atoms with E-state index in [2.05, 4.69) is 43.8 Å². The van der Waals surface area contributed by atoms with Crippen LogP contribution >= 0.6 is 0 Å². The van der Waals surface area contributed by atoms with Gasteiger partial charge in [-0.1, -0.05) is 20.3 Å². The Bertz CT molecular complexity index is 338. The minimum absolute atomic E-state index is 0.276. The highest BCUT2D eigenvalue weighted by Crippen LogP contribution is 2.22. The molecule has 2 N–H and O–H groups in total. The second-order valence-electron chi connectivity index (χ2n) is 4.94. The molecule has 3 nitrogen and oxygen atoms in total. The van der Waals surface area contributed by atoms with Crippen molar-refractivity contribution in [2.24, 2.45) is 11.7 Å². The molecule has 17 heavy (non-hydrogen) atoms. The van der Waals surface area contributed by atoms with Crippen LogP contribution in [0.5, 0.6) is 0 Å². The van der Waals surface area contributed by atoms with Crippen molar-refractivity contribution in [3.05, 3.63) is 29.6 Å². The average molecular weight is 235 g/mol. The van der Waals surface area contributed by atoms with Crippen molar-refractivity contribution in [2.45, 2.75) is 33.2 Å². The maximum absolute atomic E-state index is 5.92. The summed E-state index contributed by atoms with van der Waals surface area (Å²) in [5, 5.41) is 0. The summed E-state index contributed by atoms with van der Waals surface area (Å²) in [5.41, 5.74) is 8.44. The lowest BCUT2D eigenvalue weighted by molar-refractivity contribution is 0.214. The first-order chi connectivity index (χ1) is 8.10. The van der Waals surface area contributed by atoms with E-state index in [1.165, 1.54) is 17.5 Å². The zero-order valence-corrected chi connectivity index (χ0v) is 11.5. The SMILES string of the molecule is CCC(C)CN(C)C(CN)c1cnccc1C. The molecule has 1 rings (SSSR count). The predicted octanol–water partition coefficient (Wildman–Crippen LogP) is 2.37. The van der Waals surface area contributed by atoms with Gasteiger partial charge in [0.1, 0.15) is 0 Å². The van der Waals surface area contributed by atoms with Crippen molar-refractivity contribution in [1.29, 1.82) is 0 Å². The van der Waals surface area contributed by atoms with E-state index >= 15 is 0 Å². The number of hydrogen-bond donors (Lipinski definition) is 1. The smallest absolute Gasteiger partial charge is 0.0485 e. The van der Waals surface area contributed by atoms with Crippen molar-refractivity contribution in [3.8, 4) is 0 Å². The van der Waals surface area contributed by atoms with Gasteiger partial charge in [0, 0.05) is 31.5 Å². The Morgan fingerprint density at radius 2 is 2.18 bits per heavy atom. The van der Waals surface area contributed by atoms with E-state index < -0.39 is 0 Å². The molecule has 0 aliphatic carbocycles. The molecule has 1 aromatic heterocycles. The van der Waals surface area contributed by atoms with E-state index in [-0.39, 0.29) is 6.04 Å². The summed E-state index contributed by atoms with van der Waals surface area (Å²) >= 11 is 0. The van der Waals surface area contributed by atoms with Crippen LogP contribution in [0.2, 0.25) is 0 Å². The molecule has 0 bridgehead atoms. The number of aromatic nitrogens is 1. The summed E-state index contributed by atoms with van der Waals surface area (Å²) in [6.07, 6.45) is 4.98. The van der Waals surface area contributed by atoms with Crippen molar-refractivity contribution < 1.29 is 0 Å². The summed E-state index contributed by atoms with van der Waals surface area (Å²) in [4.78, 5) is 6.56. The average Bonchev–Trinajstić information content (AvgIpc) is 2.32. The molecular formula is C14H25N3. The summed E-state index contributed by atoms with van der Waals surface area (Å²) < 4.78 is 0. The van der Waals surface area contributed by atoms with Crippen molar-refractivity contribution >= 4 is 0 Å². The summed E-state index contributed by atoms with van der Waals surface area (Å²) in [6, 6.07) is 2.33. The van der Waals surface area contributed by atoms with Crippen molar-refractivity contribution in [1.82, 2.24) is 9.88 Å². The Morgan fingerprint density at radius 1 is 1.47 bits per heavy atom. The number of rotatable bonds is 6. The Balaban J connectivity index is 2.81. The van der Waals surface area contributed by atoms with Crippen LogP contribution in [-0.2, 0) is 0 Å². The highest BCUT2D eigenvalue weighted by Gasteiger charge is 2.18. The van der Waals surface area contributed by atoms with Gasteiger partial charge in [-0.05, 0) is 37.1 Å². The topological polar surface area (TPSA) is 42.1 Å². The van der Waals surface area contributed by atoms with Crippen LogP contribution in [0.3, 0.4) is 0 Å². The summed E-state index contributed by atoms with van der Waals surface area (Å²) in [6.45, 7) is 8.34. The number of aryl methyl sites for hydroxylation is 1. The molecule has 2 atom stereocenters. The molecule has 0 spiro atoms. The van der Waals surface area contributed by atoms with Gasteiger partial charge in [0.05, 0.1) is 0 Å². The molecule has 0 radical (unpaired) electrons. The van der Waals surface area contributed by atoms with Crippen LogP contribution in [0.15, 0.2) is 18.5 Å². The Morgan fingerprint density at radius 3 is 2.71 bits per heavy atom. The van der Waals surface area contributed by atoms with Crippen LogP contribution in [0.1, 0.15) is 37.4 Å². The van der Waals surface area contributed by atoms with Gasteiger partial charge in [0.25, 0.3) is 0 Å². The van der Waals surface area contributed by atoms with Crippen LogP contribution in [0.4, 0.5) is 0 Å². The Labute approximate surface area is 105 Å². The van der Waals surface area contributed by atoms with Gasteiger partial charge < -0.3 is 5.73 Å². The fraction of sp³-hybridized carbons (Fsp3) is 0.643. The number of likely N-dealkylation sites (N-methyl/N-ethyl adjacent to an activating group) is 1. The summed E-state index contributed by atoms with van der Waals surface area (Å²) in [7, 11) is 2.15. The van der Waals surface area contributed by atoms with E-state index in [1.54, 1.807) is 0 Å². The third-order valence-corrected chi connectivity index (χ3v) is 3.49. The maximum Gasteiger partial charge on any atom is 0.0485 e. The third-order valence-electron chi connectivity index (χ3n) is 3.49. The van der Waals surface area contributed by atoms with Gasteiger partial charge in [-0.2, -0.15) is 0 Å². The van der Waals surface area contributed by atoms with Gasteiger partial charge in [-0.15, -0.1) is 0 Å². The van der Waals surface area contributed by atoms with Crippen molar-refractivity contribution in [2.75, 3.05) is 20.1 Å². The van der Waals surface area contributed by atoms with Crippen LogP contribution < -0.4 is 5.73 Å². The zero-order valence-electron chi connectivity index (χ0n) is 11.5. The van der Waals surface area contributed by atoms with Crippen LogP contribution in [-0.4, -0.2) is 30.0 Å². The minimum atomic E-state index is 0.276. The maximum atomic E-state index is 5.92. The van der Waals surface area contributed by atoms with E-state index in [4.69, 9.17) is 5.73 Å². The standard InChI is InChI=1S/C14H25N3/c1-5-11(2)10-17(4)14(8-15)13-9-16-7-6-12(13)3/h6-7,9,11,14H,5,8,10,15H2,1-4H3. The van der Waals surface area contributed by atoms with Crippen LogP contribution in [0.25, 0.3) is 0 Å². The molecule has 0 saturated heterocycles. The minimum Gasteiger partial charge on any atom is -0.329 e. The molecule has 2 unspecified atom stereocenters. The van der Waals surface area contributed by atoms with Crippen molar-refractivity contribution in [3.63, 3.8) is 0 Å². The zero-order chi connectivity index (χ0) is 12.8. The quantitative estimate of drug-likeness (QED) is 0.823. The molecule has 96 valence electrons. The monoisotopic (exact) mass is 235 g/mol. The fourth-order valence-electron chi connectivity index (χ4n) is 2.12. The highest BCUT2D eigenvalue weighted by atomic mass is 15.1.